The summed E-state index contributed by atoms with van der Waals surface area (Å²) < 4.78 is 6.63. The Morgan fingerprint density at radius 1 is 1.33 bits per heavy atom. The number of rotatable bonds is 3. The summed E-state index contributed by atoms with van der Waals surface area (Å²) in [6.45, 7) is 7.27. The highest BCUT2D eigenvalue weighted by molar-refractivity contribution is 7.19. The molecule has 0 aliphatic heterocycles. The predicted molar refractivity (Wildman–Crippen MR) is 75.5 cm³/mol. The summed E-state index contributed by atoms with van der Waals surface area (Å²) in [6.07, 6.45) is -0.281. The largest absolute Gasteiger partial charge is 0.415 e. The van der Waals surface area contributed by atoms with Crippen LogP contribution in [0.1, 0.15) is 18.7 Å². The third-order valence-electron chi connectivity index (χ3n) is 2.86. The lowest BCUT2D eigenvalue weighted by molar-refractivity contribution is 0.158. The number of nitrogens with zero attached hydrogens (tertiary/aromatic N) is 1. The van der Waals surface area contributed by atoms with Gasteiger partial charge in [-0.25, -0.2) is 4.79 Å². The number of aryl methyl sites for hydroxylation is 1. The lowest BCUT2D eigenvalue weighted by atomic mass is 10.2. The van der Waals surface area contributed by atoms with Gasteiger partial charge in [0.15, 0.2) is 0 Å². The lowest BCUT2D eigenvalue weighted by Crippen LogP contribution is -2.33. The molecular formula is C14H17NO2S. The zero-order valence-corrected chi connectivity index (χ0v) is 11.7. The van der Waals surface area contributed by atoms with Crippen molar-refractivity contribution in [1.82, 2.24) is 4.90 Å². The van der Waals surface area contributed by atoms with Crippen molar-refractivity contribution < 1.29 is 9.53 Å². The number of thiophene rings is 1. The van der Waals surface area contributed by atoms with Crippen LogP contribution in [0.3, 0.4) is 0 Å². The molecule has 0 bridgehead atoms. The van der Waals surface area contributed by atoms with Crippen LogP contribution >= 0.6 is 11.3 Å². The second kappa shape index (κ2) is 5.40. The van der Waals surface area contributed by atoms with Crippen molar-refractivity contribution in [3.8, 4) is 5.75 Å². The van der Waals surface area contributed by atoms with E-state index in [9.17, 15) is 4.79 Å². The highest BCUT2D eigenvalue weighted by atomic mass is 32.1. The summed E-state index contributed by atoms with van der Waals surface area (Å²) in [7, 11) is 0. The monoisotopic (exact) mass is 263 g/mol. The summed E-state index contributed by atoms with van der Waals surface area (Å²) in [5.41, 5.74) is 0. The number of carbonyl (C=O) groups is 1. The SMILES string of the molecule is CCN(CC)C(=O)Oc1cccc2sc(C)cc12. The third kappa shape index (κ3) is 2.48. The molecule has 1 aromatic carbocycles. The third-order valence-corrected chi connectivity index (χ3v) is 3.88. The Hall–Kier alpha value is -1.55. The van der Waals surface area contributed by atoms with Crippen LogP contribution in [-0.2, 0) is 0 Å². The highest BCUT2D eigenvalue weighted by Gasteiger charge is 2.14. The first kappa shape index (κ1) is 12.9. The van der Waals surface area contributed by atoms with Crippen LogP contribution in [-0.4, -0.2) is 24.1 Å². The molecule has 3 nitrogen and oxygen atoms in total. The molecule has 0 unspecified atom stereocenters. The first-order chi connectivity index (χ1) is 8.65. The smallest absolute Gasteiger partial charge is 0.410 e. The van der Waals surface area contributed by atoms with Crippen LogP contribution in [0, 0.1) is 6.92 Å². The number of benzene rings is 1. The van der Waals surface area contributed by atoms with Gasteiger partial charge in [0, 0.05) is 28.1 Å². The molecule has 18 heavy (non-hydrogen) atoms. The summed E-state index contributed by atoms with van der Waals surface area (Å²) >= 11 is 1.71. The summed E-state index contributed by atoms with van der Waals surface area (Å²) in [5.74, 6) is 0.647. The van der Waals surface area contributed by atoms with Gasteiger partial charge in [0.25, 0.3) is 0 Å². The molecule has 0 atom stereocenters. The van der Waals surface area contributed by atoms with Crippen molar-refractivity contribution in [3.05, 3.63) is 29.1 Å². The maximum Gasteiger partial charge on any atom is 0.415 e. The molecule has 0 N–H and O–H groups in total. The normalized spacial score (nSPS) is 10.6. The van der Waals surface area contributed by atoms with Crippen LogP contribution in [0.5, 0.6) is 5.75 Å². The van der Waals surface area contributed by atoms with E-state index in [4.69, 9.17) is 4.74 Å². The number of ether oxygens (including phenoxy) is 1. The zero-order valence-electron chi connectivity index (χ0n) is 10.9. The molecule has 0 aliphatic carbocycles. The molecule has 1 heterocycles. The topological polar surface area (TPSA) is 29.5 Å². The van der Waals surface area contributed by atoms with Crippen LogP contribution in [0.4, 0.5) is 4.79 Å². The van der Waals surface area contributed by atoms with Crippen LogP contribution in [0.2, 0.25) is 0 Å². The minimum Gasteiger partial charge on any atom is -0.410 e. The van der Waals surface area contributed by atoms with E-state index in [0.717, 1.165) is 10.1 Å². The Bertz CT molecular complexity index is 558. The summed E-state index contributed by atoms with van der Waals surface area (Å²) in [4.78, 5) is 14.8. The van der Waals surface area contributed by atoms with Gasteiger partial charge >= 0.3 is 6.09 Å². The van der Waals surface area contributed by atoms with Crippen molar-refractivity contribution in [2.75, 3.05) is 13.1 Å². The highest BCUT2D eigenvalue weighted by Crippen LogP contribution is 2.32. The van der Waals surface area contributed by atoms with E-state index in [2.05, 4.69) is 13.0 Å². The maximum atomic E-state index is 11.9. The van der Waals surface area contributed by atoms with Crippen molar-refractivity contribution in [2.24, 2.45) is 0 Å². The van der Waals surface area contributed by atoms with E-state index in [1.54, 1.807) is 16.2 Å². The number of hydrogen-bond acceptors (Lipinski definition) is 3. The van der Waals surface area contributed by atoms with Gasteiger partial charge in [-0.1, -0.05) is 6.07 Å². The van der Waals surface area contributed by atoms with Gasteiger partial charge in [-0.2, -0.15) is 0 Å². The van der Waals surface area contributed by atoms with E-state index in [-0.39, 0.29) is 6.09 Å². The standard InChI is InChI=1S/C14H17NO2S/c1-4-15(5-2)14(16)17-12-7-6-8-13-11(12)9-10(3)18-13/h6-9H,4-5H2,1-3H3. The Balaban J connectivity index is 2.29. The summed E-state index contributed by atoms with van der Waals surface area (Å²) in [6, 6.07) is 7.87. The van der Waals surface area contributed by atoms with Crippen LogP contribution in [0.15, 0.2) is 24.3 Å². The van der Waals surface area contributed by atoms with E-state index < -0.39 is 0 Å². The van der Waals surface area contributed by atoms with Crippen molar-refractivity contribution in [2.45, 2.75) is 20.8 Å². The van der Waals surface area contributed by atoms with Gasteiger partial charge in [-0.3, -0.25) is 0 Å². The van der Waals surface area contributed by atoms with Crippen molar-refractivity contribution >= 4 is 27.5 Å². The second-order valence-electron chi connectivity index (χ2n) is 4.07. The fourth-order valence-electron chi connectivity index (χ4n) is 1.89. The van der Waals surface area contributed by atoms with E-state index in [1.165, 1.54) is 4.88 Å². The van der Waals surface area contributed by atoms with Crippen LogP contribution < -0.4 is 4.74 Å². The van der Waals surface area contributed by atoms with E-state index >= 15 is 0 Å². The zero-order chi connectivity index (χ0) is 13.1. The predicted octanol–water partition coefficient (Wildman–Crippen LogP) is 4.05. The van der Waals surface area contributed by atoms with Gasteiger partial charge in [-0.05, 0) is 39.0 Å². The molecule has 0 saturated heterocycles. The van der Waals surface area contributed by atoms with Crippen LogP contribution in [0.25, 0.3) is 10.1 Å². The average molecular weight is 263 g/mol. The Morgan fingerprint density at radius 3 is 2.72 bits per heavy atom. The van der Waals surface area contributed by atoms with E-state index in [0.29, 0.717) is 18.8 Å². The number of carbonyl (C=O) groups excluding carboxylic acids is 1. The molecule has 1 aromatic heterocycles. The van der Waals surface area contributed by atoms with Crippen molar-refractivity contribution in [1.29, 1.82) is 0 Å². The number of amides is 1. The van der Waals surface area contributed by atoms with Crippen molar-refractivity contribution in [3.63, 3.8) is 0 Å². The molecule has 0 fully saturated rings. The second-order valence-corrected chi connectivity index (χ2v) is 5.35. The molecule has 4 heteroatoms. The van der Waals surface area contributed by atoms with Gasteiger partial charge in [0.05, 0.1) is 0 Å². The molecule has 0 spiro atoms. The molecule has 0 saturated carbocycles. The minimum absolute atomic E-state index is 0.281. The van der Waals surface area contributed by atoms with Gasteiger partial charge < -0.3 is 9.64 Å². The lowest BCUT2D eigenvalue weighted by Gasteiger charge is -2.18. The molecule has 0 radical (unpaired) electrons. The molecule has 2 aromatic rings. The number of fused-ring (bicyclic) bond motifs is 1. The fourth-order valence-corrected chi connectivity index (χ4v) is 2.83. The molecule has 2 rings (SSSR count). The molecule has 0 aliphatic rings. The van der Waals surface area contributed by atoms with Gasteiger partial charge in [0.1, 0.15) is 5.75 Å². The van der Waals surface area contributed by atoms with Gasteiger partial charge in [-0.15, -0.1) is 11.3 Å². The maximum absolute atomic E-state index is 11.9. The Labute approximate surface area is 111 Å². The van der Waals surface area contributed by atoms with Gasteiger partial charge in [0.2, 0.25) is 0 Å². The molecular weight excluding hydrogens is 246 g/mol. The minimum atomic E-state index is -0.281. The molecule has 96 valence electrons. The Morgan fingerprint density at radius 2 is 2.06 bits per heavy atom. The van der Waals surface area contributed by atoms with E-state index in [1.807, 2.05) is 32.0 Å². The Kier molecular flexibility index (Phi) is 3.87. The quantitative estimate of drug-likeness (QED) is 0.836. The number of hydrogen-bond donors (Lipinski definition) is 0. The molecule has 1 amide bonds. The average Bonchev–Trinajstić information content (AvgIpc) is 2.72. The first-order valence-electron chi connectivity index (χ1n) is 6.11. The fraction of sp³-hybridized carbons (Fsp3) is 0.357. The first-order valence-corrected chi connectivity index (χ1v) is 6.93. The summed E-state index contributed by atoms with van der Waals surface area (Å²) in [5, 5.41) is 1.01.